The number of fused-ring (bicyclic) bond motifs is 1. The van der Waals surface area contributed by atoms with Crippen molar-refractivity contribution in [2.45, 2.75) is 0 Å². The van der Waals surface area contributed by atoms with E-state index in [9.17, 15) is 0 Å². The zero-order valence-corrected chi connectivity index (χ0v) is 29.8. The van der Waals surface area contributed by atoms with Gasteiger partial charge in [-0.15, -0.1) is 0 Å². The van der Waals surface area contributed by atoms with Gasteiger partial charge in [0.05, 0.1) is 0 Å². The molecule has 53 heavy (non-hydrogen) atoms. The number of benzene rings is 9. The average molecular weight is 695 g/mol. The predicted octanol–water partition coefficient (Wildman–Crippen LogP) is 15.2. The summed E-state index contributed by atoms with van der Waals surface area (Å²) in [5.74, 6) is 0. The monoisotopic (exact) mass is 694 g/mol. The van der Waals surface area contributed by atoms with Crippen LogP contribution in [-0.2, 0) is 0 Å². The van der Waals surface area contributed by atoms with Crippen molar-refractivity contribution in [3.8, 4) is 77.9 Å². The summed E-state index contributed by atoms with van der Waals surface area (Å²) in [6, 6.07) is 76.2. The Kier molecular flexibility index (Phi) is 8.74. The fourth-order valence-corrected chi connectivity index (χ4v) is 7.95. The van der Waals surface area contributed by atoms with E-state index in [0.29, 0.717) is 0 Å². The van der Waals surface area contributed by atoms with E-state index in [1.165, 1.54) is 83.1 Å². The Morgan fingerprint density at radius 1 is 0.226 bits per heavy atom. The van der Waals surface area contributed by atoms with E-state index in [4.69, 9.17) is 11.6 Å². The Morgan fingerprint density at radius 3 is 1.02 bits per heavy atom. The fourth-order valence-electron chi connectivity index (χ4n) is 7.82. The molecule has 0 heterocycles. The van der Waals surface area contributed by atoms with Crippen LogP contribution in [0.15, 0.2) is 212 Å². The summed E-state index contributed by atoms with van der Waals surface area (Å²) in [5.41, 5.74) is 16.7. The van der Waals surface area contributed by atoms with Crippen LogP contribution in [0.4, 0.5) is 0 Å². The highest BCUT2D eigenvalue weighted by molar-refractivity contribution is 6.30. The molecule has 0 fully saturated rings. The standard InChI is InChI=1S/C52H35Cl/c53-42-32-29-36(30-33-42)43-25-13-15-27-45(43)46-28-16-14-26-44(46)41-31-34-47-48(35-41)50(38-19-7-2-8-20-38)52(40-23-11-4-12-24-40)51(39-21-9-3-10-22-39)49(47)37-17-5-1-6-18-37/h1-35H. The van der Waals surface area contributed by atoms with Gasteiger partial charge < -0.3 is 0 Å². The van der Waals surface area contributed by atoms with Gasteiger partial charge in [-0.25, -0.2) is 0 Å². The van der Waals surface area contributed by atoms with Crippen molar-refractivity contribution in [2.75, 3.05) is 0 Å². The number of halogens is 1. The highest BCUT2D eigenvalue weighted by atomic mass is 35.5. The van der Waals surface area contributed by atoms with Crippen LogP contribution in [0.5, 0.6) is 0 Å². The maximum absolute atomic E-state index is 6.31. The SMILES string of the molecule is Clc1ccc(-c2ccccc2-c2ccccc2-c2ccc3c(-c4ccccc4)c(-c4ccccc4)c(-c4ccccc4)c(-c4ccccc4)c3c2)cc1. The predicted molar refractivity (Wildman–Crippen MR) is 227 cm³/mol. The zero-order valence-electron chi connectivity index (χ0n) is 29.1. The summed E-state index contributed by atoms with van der Waals surface area (Å²) >= 11 is 6.31. The van der Waals surface area contributed by atoms with Gasteiger partial charge >= 0.3 is 0 Å². The van der Waals surface area contributed by atoms with Crippen molar-refractivity contribution in [3.05, 3.63) is 217 Å². The molecule has 1 heteroatoms. The van der Waals surface area contributed by atoms with Crippen LogP contribution >= 0.6 is 11.6 Å². The molecule has 0 aliphatic rings. The van der Waals surface area contributed by atoms with Crippen LogP contribution in [0.25, 0.3) is 88.7 Å². The van der Waals surface area contributed by atoms with Gasteiger partial charge in [0.1, 0.15) is 0 Å². The Morgan fingerprint density at radius 2 is 0.566 bits per heavy atom. The van der Waals surface area contributed by atoms with Crippen molar-refractivity contribution in [1.82, 2.24) is 0 Å². The quantitative estimate of drug-likeness (QED) is 0.156. The molecule has 0 unspecified atom stereocenters. The Labute approximate surface area is 316 Å². The number of hydrogen-bond donors (Lipinski definition) is 0. The molecule has 0 N–H and O–H groups in total. The van der Waals surface area contributed by atoms with Crippen LogP contribution in [0.2, 0.25) is 5.02 Å². The smallest absolute Gasteiger partial charge is 0.0406 e. The maximum atomic E-state index is 6.31. The van der Waals surface area contributed by atoms with Gasteiger partial charge in [0.15, 0.2) is 0 Å². The van der Waals surface area contributed by atoms with Crippen molar-refractivity contribution in [2.24, 2.45) is 0 Å². The van der Waals surface area contributed by atoms with Gasteiger partial charge in [0, 0.05) is 5.02 Å². The summed E-state index contributed by atoms with van der Waals surface area (Å²) in [6.07, 6.45) is 0. The van der Waals surface area contributed by atoms with E-state index in [2.05, 4.69) is 200 Å². The minimum absolute atomic E-state index is 0.734. The van der Waals surface area contributed by atoms with E-state index in [-0.39, 0.29) is 0 Å². The van der Waals surface area contributed by atoms with Crippen LogP contribution in [-0.4, -0.2) is 0 Å². The third-order valence-corrected chi connectivity index (χ3v) is 10.4. The van der Waals surface area contributed by atoms with Crippen molar-refractivity contribution >= 4 is 22.4 Å². The molecule has 0 radical (unpaired) electrons. The molecule has 0 aromatic heterocycles. The molecule has 0 amide bonds. The van der Waals surface area contributed by atoms with E-state index in [0.717, 1.165) is 10.6 Å². The van der Waals surface area contributed by atoms with Gasteiger partial charge in [-0.2, -0.15) is 0 Å². The molecule has 9 aromatic carbocycles. The van der Waals surface area contributed by atoms with Crippen LogP contribution in [0.3, 0.4) is 0 Å². The molecule has 0 saturated heterocycles. The molecule has 9 aromatic rings. The topological polar surface area (TPSA) is 0 Å². The maximum Gasteiger partial charge on any atom is 0.0406 e. The third-order valence-electron chi connectivity index (χ3n) is 10.2. The lowest BCUT2D eigenvalue weighted by molar-refractivity contribution is 1.55. The van der Waals surface area contributed by atoms with Gasteiger partial charge in [0.2, 0.25) is 0 Å². The van der Waals surface area contributed by atoms with E-state index in [1.54, 1.807) is 0 Å². The average Bonchev–Trinajstić information content (AvgIpc) is 3.24. The lowest BCUT2D eigenvalue weighted by atomic mass is 9.78. The van der Waals surface area contributed by atoms with Crippen LogP contribution in [0.1, 0.15) is 0 Å². The lowest BCUT2D eigenvalue weighted by Gasteiger charge is -2.25. The van der Waals surface area contributed by atoms with Crippen molar-refractivity contribution < 1.29 is 0 Å². The fraction of sp³-hybridized carbons (Fsp3) is 0. The zero-order chi connectivity index (χ0) is 35.6. The lowest BCUT2D eigenvalue weighted by Crippen LogP contribution is -1.98. The minimum atomic E-state index is 0.734. The molecule has 0 aliphatic carbocycles. The molecule has 0 aliphatic heterocycles. The minimum Gasteiger partial charge on any atom is -0.0843 e. The molecule has 250 valence electrons. The largest absolute Gasteiger partial charge is 0.0843 e. The second-order valence-corrected chi connectivity index (χ2v) is 13.8. The second-order valence-electron chi connectivity index (χ2n) is 13.3. The van der Waals surface area contributed by atoms with Crippen LogP contribution < -0.4 is 0 Å². The normalized spacial score (nSPS) is 11.1. The highest BCUT2D eigenvalue weighted by Crippen LogP contribution is 2.52. The molecule has 9 rings (SSSR count). The van der Waals surface area contributed by atoms with E-state index >= 15 is 0 Å². The van der Waals surface area contributed by atoms with Crippen molar-refractivity contribution in [3.63, 3.8) is 0 Å². The summed E-state index contributed by atoms with van der Waals surface area (Å²) in [5, 5.41) is 3.17. The molecule has 0 atom stereocenters. The number of rotatable bonds is 7. The first kappa shape index (κ1) is 32.4. The molecule has 0 saturated carbocycles. The molecule has 0 bridgehead atoms. The van der Waals surface area contributed by atoms with Gasteiger partial charge in [0.25, 0.3) is 0 Å². The molecule has 0 spiro atoms. The first-order valence-corrected chi connectivity index (χ1v) is 18.4. The first-order valence-electron chi connectivity index (χ1n) is 18.0. The molecular weight excluding hydrogens is 660 g/mol. The second kappa shape index (κ2) is 14.3. The van der Waals surface area contributed by atoms with Gasteiger partial charge in [-0.1, -0.05) is 206 Å². The highest BCUT2D eigenvalue weighted by Gasteiger charge is 2.24. The summed E-state index contributed by atoms with van der Waals surface area (Å²) in [7, 11) is 0. The Balaban J connectivity index is 1.40. The third kappa shape index (κ3) is 6.14. The molecular formula is C52H35Cl. The Hall–Kier alpha value is -6.47. The van der Waals surface area contributed by atoms with Crippen LogP contribution in [0, 0.1) is 0 Å². The van der Waals surface area contributed by atoms with Gasteiger partial charge in [-0.3, -0.25) is 0 Å². The summed E-state index contributed by atoms with van der Waals surface area (Å²) in [4.78, 5) is 0. The Bertz CT molecular complexity index is 2680. The van der Waals surface area contributed by atoms with Gasteiger partial charge in [-0.05, 0) is 107 Å². The molecule has 0 nitrogen and oxygen atoms in total. The first-order chi connectivity index (χ1) is 26.2. The van der Waals surface area contributed by atoms with Crippen molar-refractivity contribution in [1.29, 1.82) is 0 Å². The van der Waals surface area contributed by atoms with E-state index < -0.39 is 0 Å². The number of hydrogen-bond acceptors (Lipinski definition) is 0. The van der Waals surface area contributed by atoms with E-state index in [1.807, 2.05) is 12.1 Å². The summed E-state index contributed by atoms with van der Waals surface area (Å²) in [6.45, 7) is 0. The summed E-state index contributed by atoms with van der Waals surface area (Å²) < 4.78 is 0.